The van der Waals surface area contributed by atoms with Crippen LogP contribution in [0.5, 0.6) is 5.75 Å². The summed E-state index contributed by atoms with van der Waals surface area (Å²) in [6, 6.07) is 14.8. The Labute approximate surface area is 117 Å². The summed E-state index contributed by atoms with van der Waals surface area (Å²) in [4.78, 5) is 10.8. The van der Waals surface area contributed by atoms with E-state index in [4.69, 9.17) is 10.00 Å². The van der Waals surface area contributed by atoms with Gasteiger partial charge in [-0.3, -0.25) is 4.79 Å². The zero-order valence-corrected chi connectivity index (χ0v) is 11.0. The first-order valence-electron chi connectivity index (χ1n) is 6.08. The van der Waals surface area contributed by atoms with Crippen molar-refractivity contribution in [2.24, 2.45) is 0 Å². The lowest BCUT2D eigenvalue weighted by molar-refractivity contribution is 0.112. The van der Waals surface area contributed by atoms with Crippen molar-refractivity contribution in [3.63, 3.8) is 0 Å². The molecule has 0 unspecified atom stereocenters. The third-order valence-electron chi connectivity index (χ3n) is 2.89. The Morgan fingerprint density at radius 1 is 1.05 bits per heavy atom. The van der Waals surface area contributed by atoms with E-state index in [1.807, 2.05) is 36.4 Å². The number of aldehydes is 1. The number of carbonyl (C=O) groups excluding carboxylic acids is 1. The number of methoxy groups -OCH3 is 1. The van der Waals surface area contributed by atoms with Crippen molar-refractivity contribution in [3.05, 3.63) is 64.7 Å². The van der Waals surface area contributed by atoms with Crippen LogP contribution in [0.15, 0.2) is 42.5 Å². The van der Waals surface area contributed by atoms with Gasteiger partial charge in [0.25, 0.3) is 0 Å². The minimum absolute atomic E-state index is 0.531. The Hall–Kier alpha value is -2.86. The first kappa shape index (κ1) is 13.6. The van der Waals surface area contributed by atoms with Crippen molar-refractivity contribution in [3.8, 4) is 11.8 Å². The molecule has 0 saturated carbocycles. The molecule has 3 nitrogen and oxygen atoms in total. The largest absolute Gasteiger partial charge is 0.496 e. The predicted molar refractivity (Wildman–Crippen MR) is 78.5 cm³/mol. The zero-order chi connectivity index (χ0) is 14.4. The van der Waals surface area contributed by atoms with Gasteiger partial charge in [-0.2, -0.15) is 5.26 Å². The molecule has 3 heteroatoms. The number of hydrogen-bond acceptors (Lipinski definition) is 3. The number of benzene rings is 2. The Morgan fingerprint density at radius 3 is 2.30 bits per heavy atom. The lowest BCUT2D eigenvalue weighted by Crippen LogP contribution is -1.90. The van der Waals surface area contributed by atoms with E-state index in [1.165, 1.54) is 7.11 Å². The second-order valence-electron chi connectivity index (χ2n) is 4.19. The third-order valence-corrected chi connectivity index (χ3v) is 2.89. The Kier molecular flexibility index (Phi) is 4.31. The molecule has 0 bridgehead atoms. The Balaban J connectivity index is 2.22. The van der Waals surface area contributed by atoms with Gasteiger partial charge in [-0.15, -0.1) is 0 Å². The van der Waals surface area contributed by atoms with Gasteiger partial charge >= 0.3 is 0 Å². The molecule has 2 rings (SSSR count). The van der Waals surface area contributed by atoms with Crippen LogP contribution in [-0.2, 0) is 0 Å². The van der Waals surface area contributed by atoms with Crippen molar-refractivity contribution in [1.82, 2.24) is 0 Å². The molecule has 0 atom stereocenters. The summed E-state index contributed by atoms with van der Waals surface area (Å²) in [5, 5.41) is 8.73. The molecule has 0 aliphatic heterocycles. The summed E-state index contributed by atoms with van der Waals surface area (Å²) in [5.41, 5.74) is 3.11. The molecule has 0 radical (unpaired) electrons. The monoisotopic (exact) mass is 263 g/mol. The minimum Gasteiger partial charge on any atom is -0.496 e. The van der Waals surface area contributed by atoms with Gasteiger partial charge in [0.2, 0.25) is 0 Å². The Bertz CT molecular complexity index is 679. The second kappa shape index (κ2) is 6.35. The molecule has 98 valence electrons. The van der Waals surface area contributed by atoms with Crippen molar-refractivity contribution in [2.45, 2.75) is 0 Å². The van der Waals surface area contributed by atoms with E-state index in [0.29, 0.717) is 16.9 Å². The van der Waals surface area contributed by atoms with Crippen LogP contribution in [0.3, 0.4) is 0 Å². The van der Waals surface area contributed by atoms with Gasteiger partial charge in [0.1, 0.15) is 5.75 Å². The maximum absolute atomic E-state index is 10.8. The molecule has 0 aromatic heterocycles. The highest BCUT2D eigenvalue weighted by atomic mass is 16.5. The molecule has 0 N–H and O–H groups in total. The van der Waals surface area contributed by atoms with E-state index in [9.17, 15) is 4.79 Å². The lowest BCUT2D eigenvalue weighted by atomic mass is 10.1. The molecule has 20 heavy (non-hydrogen) atoms. The van der Waals surface area contributed by atoms with E-state index in [2.05, 4.69) is 6.07 Å². The summed E-state index contributed by atoms with van der Waals surface area (Å²) in [7, 11) is 1.54. The average Bonchev–Trinajstić information content (AvgIpc) is 2.53. The fraction of sp³-hybridized carbons (Fsp3) is 0.0588. The number of carbonyl (C=O) groups is 1. The quantitative estimate of drug-likeness (QED) is 0.626. The smallest absolute Gasteiger partial charge is 0.153 e. The lowest BCUT2D eigenvalue weighted by Gasteiger charge is -2.04. The molecule has 0 spiro atoms. The van der Waals surface area contributed by atoms with Crippen LogP contribution < -0.4 is 4.74 Å². The van der Waals surface area contributed by atoms with Crippen LogP contribution in [0.4, 0.5) is 0 Å². The summed E-state index contributed by atoms with van der Waals surface area (Å²) in [6.45, 7) is 0. The SMILES string of the molecule is COc1cc(C=Cc2ccc(C#N)cc2)ccc1C=O. The fourth-order valence-corrected chi connectivity index (χ4v) is 1.79. The van der Waals surface area contributed by atoms with Gasteiger partial charge in [-0.05, 0) is 35.4 Å². The minimum atomic E-state index is 0.531. The first-order valence-corrected chi connectivity index (χ1v) is 6.08. The van der Waals surface area contributed by atoms with Crippen molar-refractivity contribution in [2.75, 3.05) is 7.11 Å². The van der Waals surface area contributed by atoms with Gasteiger partial charge in [0, 0.05) is 0 Å². The molecule has 2 aromatic carbocycles. The van der Waals surface area contributed by atoms with Gasteiger partial charge in [0.15, 0.2) is 6.29 Å². The molecule has 0 amide bonds. The van der Waals surface area contributed by atoms with E-state index in [-0.39, 0.29) is 0 Å². The second-order valence-corrected chi connectivity index (χ2v) is 4.19. The average molecular weight is 263 g/mol. The molecule has 2 aromatic rings. The predicted octanol–water partition coefficient (Wildman–Crippen LogP) is 3.55. The zero-order valence-electron chi connectivity index (χ0n) is 11.0. The summed E-state index contributed by atoms with van der Waals surface area (Å²) >= 11 is 0. The van der Waals surface area contributed by atoms with Crippen LogP contribution in [0.2, 0.25) is 0 Å². The van der Waals surface area contributed by atoms with Gasteiger partial charge in [-0.1, -0.05) is 30.4 Å². The fourth-order valence-electron chi connectivity index (χ4n) is 1.79. The molecule has 0 saturated heterocycles. The number of hydrogen-bond donors (Lipinski definition) is 0. The van der Waals surface area contributed by atoms with Crippen LogP contribution in [0.25, 0.3) is 12.2 Å². The number of nitrogens with zero attached hydrogens (tertiary/aromatic N) is 1. The van der Waals surface area contributed by atoms with Crippen LogP contribution in [0.1, 0.15) is 27.0 Å². The molecule has 0 aliphatic carbocycles. The van der Waals surface area contributed by atoms with Gasteiger partial charge in [-0.25, -0.2) is 0 Å². The van der Waals surface area contributed by atoms with Gasteiger partial charge in [0.05, 0.1) is 24.3 Å². The molecule has 0 fully saturated rings. The van der Waals surface area contributed by atoms with E-state index >= 15 is 0 Å². The standard InChI is InChI=1S/C17H13NO2/c1-20-17-10-14(8-9-16(17)12-19)5-2-13-3-6-15(11-18)7-4-13/h2-10,12H,1H3. The van der Waals surface area contributed by atoms with Crippen molar-refractivity contribution >= 4 is 18.4 Å². The highest BCUT2D eigenvalue weighted by molar-refractivity contribution is 5.81. The number of rotatable bonds is 4. The molecule has 0 heterocycles. The van der Waals surface area contributed by atoms with E-state index in [0.717, 1.165) is 17.4 Å². The van der Waals surface area contributed by atoms with E-state index in [1.54, 1.807) is 18.2 Å². The maximum Gasteiger partial charge on any atom is 0.153 e. The highest BCUT2D eigenvalue weighted by Crippen LogP contribution is 2.20. The molecular weight excluding hydrogens is 250 g/mol. The first-order chi connectivity index (χ1) is 9.76. The normalized spacial score (nSPS) is 10.2. The van der Waals surface area contributed by atoms with Crippen LogP contribution >= 0.6 is 0 Å². The number of ether oxygens (including phenoxy) is 1. The highest BCUT2D eigenvalue weighted by Gasteiger charge is 2.01. The molecule has 0 aliphatic rings. The van der Waals surface area contributed by atoms with Crippen LogP contribution in [0, 0.1) is 11.3 Å². The van der Waals surface area contributed by atoms with E-state index < -0.39 is 0 Å². The molecular formula is C17H13NO2. The van der Waals surface area contributed by atoms with Crippen molar-refractivity contribution in [1.29, 1.82) is 5.26 Å². The van der Waals surface area contributed by atoms with Crippen molar-refractivity contribution < 1.29 is 9.53 Å². The summed E-state index contributed by atoms with van der Waals surface area (Å²) < 4.78 is 5.16. The topological polar surface area (TPSA) is 50.1 Å². The van der Waals surface area contributed by atoms with Gasteiger partial charge < -0.3 is 4.74 Å². The number of nitriles is 1. The third kappa shape index (κ3) is 3.12. The summed E-state index contributed by atoms with van der Waals surface area (Å²) in [6.07, 6.45) is 4.64. The summed E-state index contributed by atoms with van der Waals surface area (Å²) in [5.74, 6) is 0.557. The maximum atomic E-state index is 10.8. The van der Waals surface area contributed by atoms with Crippen LogP contribution in [-0.4, -0.2) is 13.4 Å². The Morgan fingerprint density at radius 2 is 1.70 bits per heavy atom.